The lowest BCUT2D eigenvalue weighted by molar-refractivity contribution is -0.144. The van der Waals surface area contributed by atoms with Gasteiger partial charge < -0.3 is 21.4 Å². The number of fused-ring (bicyclic) bond motifs is 2. The van der Waals surface area contributed by atoms with Crippen LogP contribution in [0, 0.1) is 0 Å². The van der Waals surface area contributed by atoms with Crippen molar-refractivity contribution >= 4 is 49.4 Å². The van der Waals surface area contributed by atoms with Gasteiger partial charge >= 0.3 is 12.4 Å². The zero-order valence-electron chi connectivity index (χ0n) is 14.1. The highest BCUT2D eigenvalue weighted by Crippen LogP contribution is 2.33. The van der Waals surface area contributed by atoms with E-state index in [1.165, 1.54) is 18.2 Å². The molecule has 0 saturated heterocycles. The Morgan fingerprint density at radius 3 is 1.90 bits per heavy atom. The molecule has 0 unspecified atom stereocenters. The molecule has 29 heavy (non-hydrogen) atoms. The maximum atomic E-state index is 12.3. The number of nitrogens with two attached hydrogens (primary N) is 2. The third kappa shape index (κ3) is 4.23. The molecule has 0 saturated carbocycles. The molecule has 0 aliphatic heterocycles. The fourth-order valence-electron chi connectivity index (χ4n) is 2.40. The number of halogens is 7. The summed E-state index contributed by atoms with van der Waals surface area (Å²) in [7, 11) is 0. The lowest BCUT2D eigenvalue weighted by Crippen LogP contribution is -2.06. The summed E-state index contributed by atoms with van der Waals surface area (Å²) in [5.74, 6) is -2.07. The first-order valence-corrected chi connectivity index (χ1v) is 8.49. The van der Waals surface area contributed by atoms with Crippen molar-refractivity contribution in [2.75, 3.05) is 11.5 Å². The third-order valence-corrected chi connectivity index (χ3v) is 4.35. The lowest BCUT2D eigenvalue weighted by atomic mass is 10.3. The van der Waals surface area contributed by atoms with E-state index in [9.17, 15) is 26.3 Å². The van der Waals surface area contributed by atoms with Gasteiger partial charge in [-0.05, 0) is 40.2 Å². The summed E-state index contributed by atoms with van der Waals surface area (Å²) in [6, 6.07) is 7.62. The summed E-state index contributed by atoms with van der Waals surface area (Å²) in [5, 5.41) is 0. The number of nitrogens with one attached hydrogen (secondary N) is 2. The van der Waals surface area contributed by atoms with Gasteiger partial charge in [0.2, 0.25) is 11.6 Å². The first-order valence-electron chi connectivity index (χ1n) is 7.70. The summed E-state index contributed by atoms with van der Waals surface area (Å²) in [4.78, 5) is 11.1. The Morgan fingerprint density at radius 1 is 0.759 bits per heavy atom. The molecule has 0 bridgehead atoms. The lowest BCUT2D eigenvalue weighted by Gasteiger charge is -1.99. The van der Waals surface area contributed by atoms with E-state index in [1.54, 1.807) is 12.1 Å². The van der Waals surface area contributed by atoms with Gasteiger partial charge in [0, 0.05) is 4.47 Å². The number of aromatic nitrogens is 4. The maximum Gasteiger partial charge on any atom is 0.449 e. The monoisotopic (exact) mass is 480 g/mol. The van der Waals surface area contributed by atoms with Crippen LogP contribution in [0.25, 0.3) is 22.1 Å². The average molecular weight is 481 g/mol. The minimum atomic E-state index is -4.50. The van der Waals surface area contributed by atoms with E-state index in [2.05, 4.69) is 35.9 Å². The largest absolute Gasteiger partial charge is 0.449 e. The maximum absolute atomic E-state index is 12.3. The number of H-pyrrole nitrogens is 2. The zero-order chi connectivity index (χ0) is 21.6. The molecule has 2 aromatic heterocycles. The molecule has 0 atom stereocenters. The summed E-state index contributed by atoms with van der Waals surface area (Å²) in [6.45, 7) is 0. The standard InChI is InChI=1S/C8H5BrF3N3.C8H6F3N3/c9-3-1-2-4(13)6-5(3)14-7(15-6)8(10,11)12;9-8(10,11)7-13-5-3-1-2-4(12)6(5)14-7/h1-2H,13H2,(H,14,15);1-3H,12H2,(H,13,14). The Bertz CT molecular complexity index is 1140. The second-order valence-electron chi connectivity index (χ2n) is 5.77. The van der Waals surface area contributed by atoms with Gasteiger partial charge in [0.1, 0.15) is 11.0 Å². The number of aromatic amines is 2. The Labute approximate surface area is 166 Å². The molecule has 0 amide bonds. The Balaban J connectivity index is 0.000000166. The van der Waals surface area contributed by atoms with Crippen LogP contribution in [0.1, 0.15) is 11.6 Å². The fraction of sp³-hybridized carbons (Fsp3) is 0.125. The minimum absolute atomic E-state index is 0.153. The Morgan fingerprint density at radius 2 is 1.34 bits per heavy atom. The summed E-state index contributed by atoms with van der Waals surface area (Å²) in [6.07, 6.45) is -8.96. The first kappa shape index (κ1) is 20.8. The summed E-state index contributed by atoms with van der Waals surface area (Å²) >= 11 is 3.11. The molecular weight excluding hydrogens is 470 g/mol. The normalized spacial score (nSPS) is 12.2. The molecule has 0 aliphatic rings. The molecule has 4 rings (SSSR count). The number of anilines is 2. The summed E-state index contributed by atoms with van der Waals surface area (Å²) < 4.78 is 74.2. The first-order chi connectivity index (χ1) is 13.4. The average Bonchev–Trinajstić information content (AvgIpc) is 3.24. The van der Waals surface area contributed by atoms with Gasteiger partial charge in [-0.2, -0.15) is 26.3 Å². The number of imidazole rings is 2. The van der Waals surface area contributed by atoms with E-state index >= 15 is 0 Å². The van der Waals surface area contributed by atoms with Crippen LogP contribution in [0.3, 0.4) is 0 Å². The number of para-hydroxylation sites is 1. The Kier molecular flexibility index (Phi) is 5.11. The van der Waals surface area contributed by atoms with Crippen LogP contribution in [0.2, 0.25) is 0 Å². The topological polar surface area (TPSA) is 109 Å². The van der Waals surface area contributed by atoms with E-state index in [-0.39, 0.29) is 33.4 Å². The van der Waals surface area contributed by atoms with E-state index in [0.29, 0.717) is 4.47 Å². The van der Waals surface area contributed by atoms with E-state index in [4.69, 9.17) is 11.5 Å². The Hall–Kier alpha value is -2.96. The van der Waals surface area contributed by atoms with E-state index < -0.39 is 24.0 Å². The molecule has 13 heteroatoms. The van der Waals surface area contributed by atoms with Crippen molar-refractivity contribution in [2.24, 2.45) is 0 Å². The van der Waals surface area contributed by atoms with Crippen molar-refractivity contribution in [2.45, 2.75) is 12.4 Å². The molecule has 0 aliphatic carbocycles. The highest BCUT2D eigenvalue weighted by Gasteiger charge is 2.35. The molecule has 2 heterocycles. The van der Waals surface area contributed by atoms with Gasteiger partial charge in [0.05, 0.1) is 22.4 Å². The van der Waals surface area contributed by atoms with Gasteiger partial charge in [0.15, 0.2) is 0 Å². The minimum Gasteiger partial charge on any atom is -0.397 e. The molecule has 2 aromatic carbocycles. The quantitative estimate of drug-likeness (QED) is 0.207. The molecule has 0 fully saturated rings. The van der Waals surface area contributed by atoms with Crippen molar-refractivity contribution in [3.05, 3.63) is 46.5 Å². The molecule has 6 N–H and O–H groups in total. The number of benzene rings is 2. The van der Waals surface area contributed by atoms with Crippen LogP contribution in [0.15, 0.2) is 34.8 Å². The molecule has 6 nitrogen and oxygen atoms in total. The SMILES string of the molecule is Nc1ccc(Br)c2nc(C(F)(F)F)[nH]c12.Nc1cccc2[nH]c(C(F)(F)F)nc12. The van der Waals surface area contributed by atoms with Gasteiger partial charge in [-0.25, -0.2) is 9.97 Å². The van der Waals surface area contributed by atoms with Gasteiger partial charge in [0.25, 0.3) is 0 Å². The number of rotatable bonds is 0. The third-order valence-electron chi connectivity index (χ3n) is 3.71. The predicted molar refractivity (Wildman–Crippen MR) is 98.7 cm³/mol. The van der Waals surface area contributed by atoms with Crippen LogP contribution in [0.5, 0.6) is 0 Å². The van der Waals surface area contributed by atoms with E-state index in [1.807, 2.05) is 0 Å². The second-order valence-corrected chi connectivity index (χ2v) is 6.62. The van der Waals surface area contributed by atoms with E-state index in [0.717, 1.165) is 0 Å². The number of hydrogen-bond acceptors (Lipinski definition) is 4. The number of alkyl halides is 6. The van der Waals surface area contributed by atoms with Crippen LogP contribution >= 0.6 is 15.9 Å². The molecule has 0 spiro atoms. The van der Waals surface area contributed by atoms with Crippen LogP contribution in [-0.2, 0) is 12.4 Å². The van der Waals surface area contributed by atoms with Crippen molar-refractivity contribution in [1.82, 2.24) is 19.9 Å². The van der Waals surface area contributed by atoms with Crippen molar-refractivity contribution < 1.29 is 26.3 Å². The van der Waals surface area contributed by atoms with Gasteiger partial charge in [-0.3, -0.25) is 0 Å². The predicted octanol–water partition coefficient (Wildman–Crippen LogP) is 5.09. The number of nitrogen functional groups attached to an aromatic ring is 2. The van der Waals surface area contributed by atoms with Crippen LogP contribution in [0.4, 0.5) is 37.7 Å². The highest BCUT2D eigenvalue weighted by atomic mass is 79.9. The molecule has 0 radical (unpaired) electrons. The molecule has 4 aromatic rings. The smallest absolute Gasteiger partial charge is 0.397 e. The van der Waals surface area contributed by atoms with Crippen molar-refractivity contribution in [3.8, 4) is 0 Å². The van der Waals surface area contributed by atoms with Crippen molar-refractivity contribution in [3.63, 3.8) is 0 Å². The molecule has 154 valence electrons. The number of nitrogens with zero attached hydrogens (tertiary/aromatic N) is 2. The fourth-order valence-corrected chi connectivity index (χ4v) is 2.82. The van der Waals surface area contributed by atoms with Gasteiger partial charge in [-0.1, -0.05) is 6.07 Å². The van der Waals surface area contributed by atoms with Gasteiger partial charge in [-0.15, -0.1) is 0 Å². The van der Waals surface area contributed by atoms with Crippen LogP contribution in [-0.4, -0.2) is 19.9 Å². The van der Waals surface area contributed by atoms with Crippen LogP contribution < -0.4 is 11.5 Å². The zero-order valence-corrected chi connectivity index (χ0v) is 15.7. The molecular formula is C16H11BrF6N6. The number of hydrogen-bond donors (Lipinski definition) is 4. The summed E-state index contributed by atoms with van der Waals surface area (Å²) in [5.41, 5.74) is 12.3. The highest BCUT2D eigenvalue weighted by molar-refractivity contribution is 9.10. The second kappa shape index (κ2) is 7.13. The van der Waals surface area contributed by atoms with Crippen molar-refractivity contribution in [1.29, 1.82) is 0 Å².